The first-order chi connectivity index (χ1) is 12.3. The summed E-state index contributed by atoms with van der Waals surface area (Å²) in [4.78, 5) is 4.16. The molecule has 0 aliphatic carbocycles. The lowest BCUT2D eigenvalue weighted by atomic mass is 9.94. The van der Waals surface area contributed by atoms with Gasteiger partial charge < -0.3 is 20.1 Å². The second kappa shape index (κ2) is 8.73. The maximum Gasteiger partial charge on any atom is 0.416 e. The molecule has 8 heteroatoms. The Labute approximate surface area is 152 Å². The molecule has 0 radical (unpaired) electrons. The number of guanidine groups is 1. The highest BCUT2D eigenvalue weighted by Gasteiger charge is 2.33. The quantitative estimate of drug-likeness (QED) is 0.615. The van der Waals surface area contributed by atoms with Gasteiger partial charge >= 0.3 is 6.18 Å². The van der Waals surface area contributed by atoms with Crippen molar-refractivity contribution in [1.82, 2.24) is 10.6 Å². The lowest BCUT2D eigenvalue weighted by molar-refractivity contribution is -0.137. The first kappa shape index (κ1) is 20.5. The maximum absolute atomic E-state index is 12.9. The molecule has 1 aromatic carbocycles. The van der Waals surface area contributed by atoms with E-state index in [1.54, 1.807) is 27.1 Å². The minimum Gasteiger partial charge on any atom is -0.381 e. The summed E-state index contributed by atoms with van der Waals surface area (Å²) in [5.74, 6) is 0.512. The standard InChI is InChI=1S/C18H26F3N3O2/c1-13(14-5-4-6-15(11-14)18(19,20)21)24-16(22-2)23-12-17(25-3)7-9-26-10-8-17/h4-6,11,13H,7-10,12H2,1-3H3,(H2,22,23,24). The predicted octanol–water partition coefficient (Wildman–Crippen LogP) is 3.13. The predicted molar refractivity (Wildman–Crippen MR) is 94.1 cm³/mol. The fourth-order valence-corrected chi connectivity index (χ4v) is 2.91. The summed E-state index contributed by atoms with van der Waals surface area (Å²) >= 11 is 0. The van der Waals surface area contributed by atoms with Crippen LogP contribution >= 0.6 is 0 Å². The molecule has 2 N–H and O–H groups in total. The van der Waals surface area contributed by atoms with Gasteiger partial charge in [0.2, 0.25) is 0 Å². The third kappa shape index (κ3) is 5.35. The number of aliphatic imine (C=N–C) groups is 1. The molecule has 1 aliphatic heterocycles. The van der Waals surface area contributed by atoms with Crippen LogP contribution in [-0.4, -0.2) is 45.5 Å². The number of alkyl halides is 3. The molecule has 0 aromatic heterocycles. The van der Waals surface area contributed by atoms with Crippen LogP contribution in [-0.2, 0) is 15.7 Å². The van der Waals surface area contributed by atoms with Crippen molar-refractivity contribution in [2.75, 3.05) is 33.9 Å². The van der Waals surface area contributed by atoms with Crippen LogP contribution in [0, 0.1) is 0 Å². The van der Waals surface area contributed by atoms with Crippen molar-refractivity contribution >= 4 is 5.96 Å². The van der Waals surface area contributed by atoms with E-state index in [0.717, 1.165) is 25.0 Å². The fourth-order valence-electron chi connectivity index (χ4n) is 2.91. The average molecular weight is 373 g/mol. The van der Waals surface area contributed by atoms with Crippen molar-refractivity contribution in [2.45, 2.75) is 37.6 Å². The van der Waals surface area contributed by atoms with Gasteiger partial charge in [-0.2, -0.15) is 13.2 Å². The van der Waals surface area contributed by atoms with Crippen molar-refractivity contribution in [1.29, 1.82) is 0 Å². The smallest absolute Gasteiger partial charge is 0.381 e. The Hall–Kier alpha value is -1.80. The number of halogens is 3. The molecule has 1 aromatic rings. The molecule has 26 heavy (non-hydrogen) atoms. The van der Waals surface area contributed by atoms with Gasteiger partial charge in [-0.1, -0.05) is 12.1 Å². The van der Waals surface area contributed by atoms with Crippen molar-refractivity contribution in [3.05, 3.63) is 35.4 Å². The van der Waals surface area contributed by atoms with Gasteiger partial charge in [0.25, 0.3) is 0 Å². The normalized spacial score (nSPS) is 19.1. The molecule has 1 unspecified atom stereocenters. The van der Waals surface area contributed by atoms with Crippen LogP contribution in [0.4, 0.5) is 13.2 Å². The van der Waals surface area contributed by atoms with Gasteiger partial charge in [0.1, 0.15) is 0 Å². The van der Waals surface area contributed by atoms with Crippen molar-refractivity contribution in [3.63, 3.8) is 0 Å². The van der Waals surface area contributed by atoms with Gasteiger partial charge in [0.05, 0.1) is 17.2 Å². The Morgan fingerprint density at radius 1 is 1.35 bits per heavy atom. The van der Waals surface area contributed by atoms with E-state index in [4.69, 9.17) is 9.47 Å². The van der Waals surface area contributed by atoms with E-state index in [9.17, 15) is 13.2 Å². The molecule has 1 heterocycles. The van der Waals surface area contributed by atoms with E-state index >= 15 is 0 Å². The monoisotopic (exact) mass is 373 g/mol. The second-order valence-electron chi connectivity index (χ2n) is 6.41. The summed E-state index contributed by atoms with van der Waals surface area (Å²) in [6, 6.07) is 4.96. The molecule has 0 saturated carbocycles. The van der Waals surface area contributed by atoms with Crippen LogP contribution in [0.25, 0.3) is 0 Å². The lowest BCUT2D eigenvalue weighted by Gasteiger charge is -2.36. The maximum atomic E-state index is 12.9. The molecule has 146 valence electrons. The zero-order chi connectivity index (χ0) is 19.2. The number of nitrogens with one attached hydrogen (secondary N) is 2. The molecular formula is C18H26F3N3O2. The van der Waals surface area contributed by atoms with E-state index in [1.165, 1.54) is 6.07 Å². The van der Waals surface area contributed by atoms with Crippen LogP contribution in [0.5, 0.6) is 0 Å². The van der Waals surface area contributed by atoms with Crippen LogP contribution in [0.2, 0.25) is 0 Å². The second-order valence-corrected chi connectivity index (χ2v) is 6.41. The summed E-state index contributed by atoms with van der Waals surface area (Å²) in [6.45, 7) is 3.62. The Bertz CT molecular complexity index is 614. The van der Waals surface area contributed by atoms with Crippen LogP contribution in [0.1, 0.15) is 36.9 Å². The molecule has 0 spiro atoms. The third-order valence-electron chi connectivity index (χ3n) is 4.71. The lowest BCUT2D eigenvalue weighted by Crippen LogP contribution is -2.51. The summed E-state index contributed by atoms with van der Waals surface area (Å²) < 4.78 is 49.7. The molecule has 0 bridgehead atoms. The number of hydrogen-bond donors (Lipinski definition) is 2. The Morgan fingerprint density at radius 3 is 2.62 bits per heavy atom. The van der Waals surface area contributed by atoms with E-state index in [0.29, 0.717) is 31.3 Å². The number of methoxy groups -OCH3 is 1. The number of rotatable bonds is 5. The number of nitrogens with zero attached hydrogens (tertiary/aromatic N) is 1. The highest BCUT2D eigenvalue weighted by molar-refractivity contribution is 5.80. The molecule has 1 atom stereocenters. The van der Waals surface area contributed by atoms with Gasteiger partial charge in [-0.3, -0.25) is 4.99 Å². The first-order valence-corrected chi connectivity index (χ1v) is 8.57. The van der Waals surface area contributed by atoms with E-state index in [-0.39, 0.29) is 11.6 Å². The van der Waals surface area contributed by atoms with E-state index in [1.807, 2.05) is 0 Å². The molecule has 0 amide bonds. The molecule has 5 nitrogen and oxygen atoms in total. The Kier molecular flexibility index (Phi) is 6.88. The molecule has 2 rings (SSSR count). The van der Waals surface area contributed by atoms with Crippen molar-refractivity contribution < 1.29 is 22.6 Å². The summed E-state index contributed by atoms with van der Waals surface area (Å²) in [5, 5.41) is 6.34. The molecule has 1 saturated heterocycles. The van der Waals surface area contributed by atoms with Crippen LogP contribution in [0.15, 0.2) is 29.3 Å². The van der Waals surface area contributed by atoms with Gasteiger partial charge in [-0.05, 0) is 24.6 Å². The van der Waals surface area contributed by atoms with Crippen LogP contribution < -0.4 is 10.6 Å². The largest absolute Gasteiger partial charge is 0.416 e. The third-order valence-corrected chi connectivity index (χ3v) is 4.71. The van der Waals surface area contributed by atoms with E-state index in [2.05, 4.69) is 15.6 Å². The topological polar surface area (TPSA) is 54.9 Å². The van der Waals surface area contributed by atoms with Gasteiger partial charge in [0.15, 0.2) is 5.96 Å². The van der Waals surface area contributed by atoms with Crippen molar-refractivity contribution in [3.8, 4) is 0 Å². The molecular weight excluding hydrogens is 347 g/mol. The first-order valence-electron chi connectivity index (χ1n) is 8.57. The number of hydrogen-bond acceptors (Lipinski definition) is 3. The highest BCUT2D eigenvalue weighted by atomic mass is 19.4. The average Bonchev–Trinajstić information content (AvgIpc) is 2.65. The molecule has 1 aliphatic rings. The van der Waals surface area contributed by atoms with Crippen LogP contribution in [0.3, 0.4) is 0 Å². The number of ether oxygens (including phenoxy) is 2. The van der Waals surface area contributed by atoms with Gasteiger partial charge in [-0.25, -0.2) is 0 Å². The van der Waals surface area contributed by atoms with Gasteiger partial charge in [0, 0.05) is 46.8 Å². The summed E-state index contributed by atoms with van der Waals surface area (Å²) in [6.07, 6.45) is -2.81. The summed E-state index contributed by atoms with van der Waals surface area (Å²) in [5.41, 5.74) is -0.447. The minimum absolute atomic E-state index is 0.324. The van der Waals surface area contributed by atoms with Gasteiger partial charge in [-0.15, -0.1) is 0 Å². The highest BCUT2D eigenvalue weighted by Crippen LogP contribution is 2.30. The Morgan fingerprint density at radius 2 is 2.04 bits per heavy atom. The summed E-state index contributed by atoms with van der Waals surface area (Å²) in [7, 11) is 3.30. The van der Waals surface area contributed by atoms with E-state index < -0.39 is 11.7 Å². The fraction of sp³-hybridized carbons (Fsp3) is 0.611. The molecule has 1 fully saturated rings. The van der Waals surface area contributed by atoms with Crippen molar-refractivity contribution in [2.24, 2.45) is 4.99 Å². The zero-order valence-electron chi connectivity index (χ0n) is 15.3. The zero-order valence-corrected chi connectivity index (χ0v) is 15.3. The minimum atomic E-state index is -4.36. The SMILES string of the molecule is CN=C(NCC1(OC)CCOCC1)NC(C)c1cccc(C(F)(F)F)c1. The number of benzene rings is 1. The Balaban J connectivity index is 1.99.